The zero-order chi connectivity index (χ0) is 14.5. The van der Waals surface area contributed by atoms with Crippen molar-refractivity contribution in [3.05, 3.63) is 57.3 Å². The summed E-state index contributed by atoms with van der Waals surface area (Å²) >= 11 is 1.48. The Morgan fingerprint density at radius 3 is 2.35 bits per heavy atom. The Bertz CT molecular complexity index is 572. The highest BCUT2D eigenvalue weighted by molar-refractivity contribution is 7.12. The van der Waals surface area contributed by atoms with Gasteiger partial charge in [-0.05, 0) is 49.2 Å². The van der Waals surface area contributed by atoms with Crippen LogP contribution in [0.5, 0.6) is 0 Å². The Morgan fingerprint density at radius 2 is 1.80 bits per heavy atom. The van der Waals surface area contributed by atoms with Crippen LogP contribution in [0.15, 0.2) is 35.7 Å². The summed E-state index contributed by atoms with van der Waals surface area (Å²) in [6, 6.07) is 10.3. The minimum atomic E-state index is 0.00914. The number of thiophene rings is 1. The average molecular weight is 288 g/mol. The lowest BCUT2D eigenvalue weighted by atomic mass is 10.1. The zero-order valence-corrected chi connectivity index (χ0v) is 13.0. The lowest BCUT2D eigenvalue weighted by molar-refractivity contribution is 0.0954. The van der Waals surface area contributed by atoms with Crippen molar-refractivity contribution >= 4 is 17.2 Å². The Kier molecular flexibility index (Phi) is 4.93. The van der Waals surface area contributed by atoms with Crippen LogP contribution in [0.2, 0.25) is 0 Å². The molecule has 1 aromatic heterocycles. The van der Waals surface area contributed by atoms with Gasteiger partial charge in [0.25, 0.3) is 5.91 Å². The normalized spacial score (nSPS) is 10.8. The number of hydrogen-bond acceptors (Lipinski definition) is 3. The van der Waals surface area contributed by atoms with Crippen molar-refractivity contribution in [2.45, 2.75) is 20.0 Å². The maximum absolute atomic E-state index is 12.0. The third-order valence-electron chi connectivity index (χ3n) is 3.04. The highest BCUT2D eigenvalue weighted by Gasteiger charge is 2.09. The molecule has 0 atom stereocenters. The zero-order valence-electron chi connectivity index (χ0n) is 12.1. The highest BCUT2D eigenvalue weighted by Crippen LogP contribution is 2.15. The summed E-state index contributed by atoms with van der Waals surface area (Å²) in [5, 5.41) is 4.91. The van der Waals surface area contributed by atoms with E-state index in [0.717, 1.165) is 22.5 Å². The number of carbonyl (C=O) groups is 1. The summed E-state index contributed by atoms with van der Waals surface area (Å²) in [5.74, 6) is 0.00914. The number of carbonyl (C=O) groups excluding carboxylic acids is 1. The van der Waals surface area contributed by atoms with E-state index in [2.05, 4.69) is 48.6 Å². The molecule has 1 amide bonds. The number of aryl methyl sites for hydroxylation is 1. The summed E-state index contributed by atoms with van der Waals surface area (Å²) in [4.78, 5) is 14.9. The van der Waals surface area contributed by atoms with Crippen molar-refractivity contribution in [1.29, 1.82) is 0 Å². The minimum absolute atomic E-state index is 0.00914. The molecular weight excluding hydrogens is 268 g/mol. The highest BCUT2D eigenvalue weighted by atomic mass is 32.1. The van der Waals surface area contributed by atoms with Gasteiger partial charge in [-0.25, -0.2) is 0 Å². The van der Waals surface area contributed by atoms with Crippen molar-refractivity contribution in [1.82, 2.24) is 10.2 Å². The summed E-state index contributed by atoms with van der Waals surface area (Å²) in [6.07, 6.45) is 0. The second kappa shape index (κ2) is 6.68. The third-order valence-corrected chi connectivity index (χ3v) is 4.06. The Hall–Kier alpha value is -1.65. The molecular formula is C16H20N2OS. The lowest BCUT2D eigenvalue weighted by Crippen LogP contribution is -2.22. The number of rotatable bonds is 5. The maximum Gasteiger partial charge on any atom is 0.261 e. The topological polar surface area (TPSA) is 32.3 Å². The molecule has 1 aromatic carbocycles. The molecule has 0 saturated heterocycles. The largest absolute Gasteiger partial charge is 0.347 e. The quantitative estimate of drug-likeness (QED) is 0.917. The van der Waals surface area contributed by atoms with Gasteiger partial charge in [-0.3, -0.25) is 4.79 Å². The van der Waals surface area contributed by atoms with E-state index in [9.17, 15) is 4.79 Å². The van der Waals surface area contributed by atoms with E-state index in [4.69, 9.17) is 0 Å². The first-order valence-corrected chi connectivity index (χ1v) is 7.49. The van der Waals surface area contributed by atoms with Crippen LogP contribution in [0.1, 0.15) is 26.4 Å². The monoisotopic (exact) mass is 288 g/mol. The molecule has 0 unspecified atom stereocenters. The van der Waals surface area contributed by atoms with Gasteiger partial charge in [-0.15, -0.1) is 11.3 Å². The van der Waals surface area contributed by atoms with E-state index in [1.165, 1.54) is 16.9 Å². The maximum atomic E-state index is 12.0. The van der Waals surface area contributed by atoms with Crippen LogP contribution in [-0.2, 0) is 13.1 Å². The lowest BCUT2D eigenvalue weighted by Gasteiger charge is -2.10. The molecule has 3 nitrogen and oxygen atoms in total. The predicted molar refractivity (Wildman–Crippen MR) is 84.1 cm³/mol. The molecule has 0 fully saturated rings. The standard InChI is InChI=1S/C16H20N2OS/c1-12-8-9-20-15(12)16(19)17-10-13-4-6-14(7-5-13)11-18(2)3/h4-9H,10-11H2,1-3H3,(H,17,19). The van der Waals surface area contributed by atoms with E-state index < -0.39 is 0 Å². The fourth-order valence-corrected chi connectivity index (χ4v) is 2.84. The molecule has 0 bridgehead atoms. The van der Waals surface area contributed by atoms with Crippen LogP contribution >= 0.6 is 11.3 Å². The fraction of sp³-hybridized carbons (Fsp3) is 0.312. The number of amides is 1. The summed E-state index contributed by atoms with van der Waals surface area (Å²) in [6.45, 7) is 3.46. The molecule has 0 spiro atoms. The van der Waals surface area contributed by atoms with Crippen LogP contribution in [0.3, 0.4) is 0 Å². The summed E-state index contributed by atoms with van der Waals surface area (Å²) in [5.41, 5.74) is 3.43. The van der Waals surface area contributed by atoms with Crippen LogP contribution in [0, 0.1) is 6.92 Å². The first-order valence-electron chi connectivity index (χ1n) is 6.61. The van der Waals surface area contributed by atoms with Gasteiger partial charge in [0.2, 0.25) is 0 Å². The Labute approximate surface area is 124 Å². The Morgan fingerprint density at radius 1 is 1.15 bits per heavy atom. The van der Waals surface area contributed by atoms with Gasteiger partial charge >= 0.3 is 0 Å². The van der Waals surface area contributed by atoms with E-state index in [-0.39, 0.29) is 5.91 Å². The van der Waals surface area contributed by atoms with E-state index in [1.54, 1.807) is 0 Å². The summed E-state index contributed by atoms with van der Waals surface area (Å²) in [7, 11) is 4.11. The second-order valence-corrected chi connectivity index (χ2v) is 6.09. The van der Waals surface area contributed by atoms with Gasteiger partial charge in [0, 0.05) is 13.1 Å². The van der Waals surface area contributed by atoms with Gasteiger partial charge < -0.3 is 10.2 Å². The molecule has 4 heteroatoms. The number of nitrogens with one attached hydrogen (secondary N) is 1. The molecule has 106 valence electrons. The second-order valence-electron chi connectivity index (χ2n) is 5.17. The molecule has 0 saturated carbocycles. The molecule has 2 aromatic rings. The molecule has 0 radical (unpaired) electrons. The van der Waals surface area contributed by atoms with Gasteiger partial charge in [-0.2, -0.15) is 0 Å². The van der Waals surface area contributed by atoms with Gasteiger partial charge in [-0.1, -0.05) is 24.3 Å². The van der Waals surface area contributed by atoms with E-state index >= 15 is 0 Å². The van der Waals surface area contributed by atoms with E-state index in [0.29, 0.717) is 6.54 Å². The molecule has 1 heterocycles. The van der Waals surface area contributed by atoms with Crippen LogP contribution in [0.4, 0.5) is 0 Å². The van der Waals surface area contributed by atoms with Crippen LogP contribution in [-0.4, -0.2) is 24.9 Å². The van der Waals surface area contributed by atoms with Gasteiger partial charge in [0.15, 0.2) is 0 Å². The minimum Gasteiger partial charge on any atom is -0.347 e. The van der Waals surface area contributed by atoms with Crippen molar-refractivity contribution in [3.8, 4) is 0 Å². The Balaban J connectivity index is 1.91. The SMILES string of the molecule is Cc1ccsc1C(=O)NCc1ccc(CN(C)C)cc1. The molecule has 0 aliphatic heterocycles. The van der Waals surface area contributed by atoms with Crippen molar-refractivity contribution in [3.63, 3.8) is 0 Å². The average Bonchev–Trinajstić information content (AvgIpc) is 2.83. The summed E-state index contributed by atoms with van der Waals surface area (Å²) < 4.78 is 0. The predicted octanol–water partition coefficient (Wildman–Crippen LogP) is 3.05. The van der Waals surface area contributed by atoms with Crippen LogP contribution < -0.4 is 5.32 Å². The molecule has 0 aliphatic rings. The van der Waals surface area contributed by atoms with E-state index in [1.807, 2.05) is 18.4 Å². The van der Waals surface area contributed by atoms with Crippen molar-refractivity contribution in [2.75, 3.05) is 14.1 Å². The van der Waals surface area contributed by atoms with Gasteiger partial charge in [0.05, 0.1) is 4.88 Å². The fourth-order valence-electron chi connectivity index (χ4n) is 2.00. The van der Waals surface area contributed by atoms with Crippen molar-refractivity contribution in [2.24, 2.45) is 0 Å². The van der Waals surface area contributed by atoms with Gasteiger partial charge in [0.1, 0.15) is 0 Å². The first-order chi connectivity index (χ1) is 9.56. The number of hydrogen-bond donors (Lipinski definition) is 1. The smallest absolute Gasteiger partial charge is 0.261 e. The number of nitrogens with zero attached hydrogens (tertiary/aromatic N) is 1. The third kappa shape index (κ3) is 3.92. The van der Waals surface area contributed by atoms with Crippen LogP contribution in [0.25, 0.3) is 0 Å². The first kappa shape index (κ1) is 14.8. The molecule has 2 rings (SSSR count). The molecule has 20 heavy (non-hydrogen) atoms. The molecule has 1 N–H and O–H groups in total. The van der Waals surface area contributed by atoms with Crippen molar-refractivity contribution < 1.29 is 4.79 Å². The molecule has 0 aliphatic carbocycles. The number of benzene rings is 1.